The van der Waals surface area contributed by atoms with E-state index in [4.69, 9.17) is 4.74 Å². The van der Waals surface area contributed by atoms with Crippen molar-refractivity contribution in [3.63, 3.8) is 0 Å². The van der Waals surface area contributed by atoms with Crippen LogP contribution in [-0.2, 0) is 16.1 Å². The van der Waals surface area contributed by atoms with Gasteiger partial charge in [-0.1, -0.05) is 24.3 Å². The van der Waals surface area contributed by atoms with Crippen molar-refractivity contribution in [2.45, 2.75) is 32.9 Å². The molecule has 0 bridgehead atoms. The average molecular weight is 392 g/mol. The van der Waals surface area contributed by atoms with Crippen LogP contribution >= 0.6 is 0 Å². The maximum Gasteiger partial charge on any atom is 0.267 e. The predicted octanol–water partition coefficient (Wildman–Crippen LogP) is 2.67. The Bertz CT molecular complexity index is 1060. The fraction of sp³-hybridized carbons (Fsp3) is 0.318. The number of hydrogen-bond acceptors (Lipinski definition) is 4. The molecule has 1 N–H and O–H groups in total. The van der Waals surface area contributed by atoms with Gasteiger partial charge in [0.15, 0.2) is 6.10 Å². The number of carbonyl (C=O) groups excluding carboxylic acids is 2. The van der Waals surface area contributed by atoms with Crippen LogP contribution in [0, 0.1) is 6.92 Å². The third-order valence-corrected chi connectivity index (χ3v) is 5.14. The molecule has 0 spiro atoms. The fourth-order valence-corrected chi connectivity index (χ4v) is 3.68. The maximum atomic E-state index is 12.5. The van der Waals surface area contributed by atoms with E-state index in [0.29, 0.717) is 31.1 Å². The number of aryl methyl sites for hydroxylation is 1. The highest BCUT2D eigenvalue weighted by Crippen LogP contribution is 2.33. The zero-order valence-corrected chi connectivity index (χ0v) is 16.6. The third kappa shape index (κ3) is 3.81. The maximum absolute atomic E-state index is 12.5. The van der Waals surface area contributed by atoms with E-state index in [1.807, 2.05) is 55.5 Å². The van der Waals surface area contributed by atoms with Gasteiger partial charge in [0.05, 0.1) is 16.7 Å². The first-order valence-corrected chi connectivity index (χ1v) is 9.80. The van der Waals surface area contributed by atoms with Gasteiger partial charge in [-0.15, -0.1) is 0 Å². The van der Waals surface area contributed by atoms with Crippen molar-refractivity contribution in [3.8, 4) is 5.75 Å². The Balaban J connectivity index is 1.34. The van der Waals surface area contributed by atoms with Crippen LogP contribution in [0.2, 0.25) is 0 Å². The summed E-state index contributed by atoms with van der Waals surface area (Å²) < 4.78 is 7.73. The quantitative estimate of drug-likeness (QED) is 0.700. The first-order chi connectivity index (χ1) is 14.0. The fourth-order valence-electron chi connectivity index (χ4n) is 3.68. The number of nitrogens with zero attached hydrogens (tertiary/aromatic N) is 3. The number of carbonyl (C=O) groups is 2. The van der Waals surface area contributed by atoms with E-state index in [-0.39, 0.29) is 18.2 Å². The lowest BCUT2D eigenvalue weighted by Crippen LogP contribution is -2.45. The SMILES string of the molecule is Cc1nc2ccccc2n1CCNC(=O)CCN1C(=O)C(C)Oc2ccccc21. The van der Waals surface area contributed by atoms with Crippen LogP contribution in [0.25, 0.3) is 11.0 Å². The first-order valence-electron chi connectivity index (χ1n) is 9.80. The van der Waals surface area contributed by atoms with E-state index < -0.39 is 6.10 Å². The van der Waals surface area contributed by atoms with Gasteiger partial charge in [0.2, 0.25) is 5.91 Å². The second-order valence-corrected chi connectivity index (χ2v) is 7.12. The van der Waals surface area contributed by atoms with Crippen molar-refractivity contribution in [1.82, 2.24) is 14.9 Å². The molecule has 2 amide bonds. The smallest absolute Gasteiger partial charge is 0.267 e. The summed E-state index contributed by atoms with van der Waals surface area (Å²) in [4.78, 5) is 31.0. The molecule has 2 heterocycles. The molecular formula is C22H24N4O3. The Labute approximate surface area is 169 Å². The van der Waals surface area contributed by atoms with Gasteiger partial charge < -0.3 is 19.5 Å². The van der Waals surface area contributed by atoms with E-state index in [0.717, 1.165) is 16.9 Å². The Morgan fingerprint density at radius 2 is 1.90 bits per heavy atom. The monoisotopic (exact) mass is 392 g/mol. The number of anilines is 1. The van der Waals surface area contributed by atoms with Crippen molar-refractivity contribution in [3.05, 3.63) is 54.4 Å². The van der Waals surface area contributed by atoms with Crippen LogP contribution < -0.4 is 15.0 Å². The summed E-state index contributed by atoms with van der Waals surface area (Å²) in [5.41, 5.74) is 2.72. The molecule has 1 atom stereocenters. The molecule has 1 aromatic heterocycles. The molecule has 0 saturated carbocycles. The van der Waals surface area contributed by atoms with Gasteiger partial charge in [-0.25, -0.2) is 4.98 Å². The number of hydrogen-bond donors (Lipinski definition) is 1. The predicted molar refractivity (Wildman–Crippen MR) is 111 cm³/mol. The molecule has 0 aliphatic carbocycles. The molecule has 1 unspecified atom stereocenters. The van der Waals surface area contributed by atoms with Gasteiger partial charge in [-0.3, -0.25) is 9.59 Å². The van der Waals surface area contributed by atoms with E-state index in [9.17, 15) is 9.59 Å². The molecule has 150 valence electrons. The molecule has 1 aliphatic heterocycles. The van der Waals surface area contributed by atoms with Crippen LogP contribution in [0.15, 0.2) is 48.5 Å². The van der Waals surface area contributed by atoms with Crippen LogP contribution in [0.5, 0.6) is 5.75 Å². The summed E-state index contributed by atoms with van der Waals surface area (Å²) in [6, 6.07) is 15.4. The summed E-state index contributed by atoms with van der Waals surface area (Å²) in [6.07, 6.45) is -0.318. The average Bonchev–Trinajstić information content (AvgIpc) is 3.04. The lowest BCUT2D eigenvalue weighted by atomic mass is 10.1. The zero-order chi connectivity index (χ0) is 20.4. The number of ether oxygens (including phenoxy) is 1. The Hall–Kier alpha value is -3.35. The van der Waals surface area contributed by atoms with Crippen molar-refractivity contribution < 1.29 is 14.3 Å². The number of fused-ring (bicyclic) bond motifs is 2. The number of benzene rings is 2. The standard InChI is InChI=1S/C22H24N4O3/c1-15-22(28)26(19-9-5-6-10-20(19)29-15)13-11-21(27)23-12-14-25-16(2)24-17-7-3-4-8-18(17)25/h3-10,15H,11-14H2,1-2H3,(H,23,27). The topological polar surface area (TPSA) is 76.5 Å². The molecule has 0 radical (unpaired) electrons. The minimum absolute atomic E-state index is 0.0866. The molecule has 0 saturated heterocycles. The van der Waals surface area contributed by atoms with E-state index in [1.165, 1.54) is 0 Å². The van der Waals surface area contributed by atoms with Gasteiger partial charge in [0.1, 0.15) is 11.6 Å². The van der Waals surface area contributed by atoms with Crippen molar-refractivity contribution >= 4 is 28.5 Å². The van der Waals surface area contributed by atoms with E-state index in [2.05, 4.69) is 14.9 Å². The second-order valence-electron chi connectivity index (χ2n) is 7.12. The molecule has 7 nitrogen and oxygen atoms in total. The number of para-hydroxylation sites is 4. The number of aromatic nitrogens is 2. The molecule has 0 fully saturated rings. The lowest BCUT2D eigenvalue weighted by Gasteiger charge is -2.32. The number of rotatable bonds is 6. The highest BCUT2D eigenvalue weighted by atomic mass is 16.5. The summed E-state index contributed by atoms with van der Waals surface area (Å²) in [7, 11) is 0. The number of amides is 2. The van der Waals surface area contributed by atoms with Crippen molar-refractivity contribution in [2.75, 3.05) is 18.0 Å². The lowest BCUT2D eigenvalue weighted by molar-refractivity contribution is -0.125. The minimum atomic E-state index is -0.551. The molecule has 3 aromatic rings. The normalized spacial score (nSPS) is 15.9. The van der Waals surface area contributed by atoms with Crippen LogP contribution in [-0.4, -0.2) is 40.6 Å². The largest absolute Gasteiger partial charge is 0.479 e. The van der Waals surface area contributed by atoms with Crippen molar-refractivity contribution in [1.29, 1.82) is 0 Å². The first kappa shape index (κ1) is 19.0. The van der Waals surface area contributed by atoms with E-state index >= 15 is 0 Å². The summed E-state index contributed by atoms with van der Waals surface area (Å²) >= 11 is 0. The van der Waals surface area contributed by atoms with Crippen LogP contribution in [0.4, 0.5) is 5.69 Å². The van der Waals surface area contributed by atoms with Gasteiger partial charge >= 0.3 is 0 Å². The van der Waals surface area contributed by atoms with Gasteiger partial charge in [-0.2, -0.15) is 0 Å². The Morgan fingerprint density at radius 1 is 1.14 bits per heavy atom. The summed E-state index contributed by atoms with van der Waals surface area (Å²) in [6.45, 7) is 5.16. The zero-order valence-electron chi connectivity index (χ0n) is 16.6. The second kappa shape index (κ2) is 7.95. The highest BCUT2D eigenvalue weighted by molar-refractivity contribution is 6.00. The molecular weight excluding hydrogens is 368 g/mol. The molecule has 4 rings (SSSR count). The minimum Gasteiger partial charge on any atom is -0.479 e. The number of imidazole rings is 1. The molecule has 1 aliphatic rings. The molecule has 29 heavy (non-hydrogen) atoms. The van der Waals surface area contributed by atoms with Gasteiger partial charge in [-0.05, 0) is 38.1 Å². The van der Waals surface area contributed by atoms with Crippen LogP contribution in [0.1, 0.15) is 19.2 Å². The third-order valence-electron chi connectivity index (χ3n) is 5.14. The Kier molecular flexibility index (Phi) is 5.20. The number of nitrogens with one attached hydrogen (secondary N) is 1. The van der Waals surface area contributed by atoms with Crippen LogP contribution in [0.3, 0.4) is 0 Å². The summed E-state index contributed by atoms with van der Waals surface area (Å²) in [5.74, 6) is 1.38. The highest BCUT2D eigenvalue weighted by Gasteiger charge is 2.31. The molecule has 2 aromatic carbocycles. The van der Waals surface area contributed by atoms with E-state index in [1.54, 1.807) is 11.8 Å². The summed E-state index contributed by atoms with van der Waals surface area (Å²) in [5, 5.41) is 2.95. The van der Waals surface area contributed by atoms with Crippen molar-refractivity contribution in [2.24, 2.45) is 0 Å². The Morgan fingerprint density at radius 3 is 2.76 bits per heavy atom. The van der Waals surface area contributed by atoms with Gasteiger partial charge in [0, 0.05) is 26.1 Å². The molecule has 7 heteroatoms. The van der Waals surface area contributed by atoms with Gasteiger partial charge in [0.25, 0.3) is 5.91 Å².